The van der Waals surface area contributed by atoms with Crippen LogP contribution in [0.5, 0.6) is 0 Å². The minimum atomic E-state index is 0.228. The van der Waals surface area contributed by atoms with Crippen LogP contribution in [-0.4, -0.2) is 31.0 Å². The van der Waals surface area contributed by atoms with Crippen LogP contribution in [0.1, 0.15) is 24.4 Å². The van der Waals surface area contributed by atoms with Gasteiger partial charge in [0.1, 0.15) is 11.3 Å². The molecule has 1 saturated heterocycles. The molecule has 0 spiro atoms. The fourth-order valence-corrected chi connectivity index (χ4v) is 3.59. The number of anilines is 3. The van der Waals surface area contributed by atoms with E-state index in [4.69, 9.17) is 14.4 Å². The highest BCUT2D eigenvalue weighted by Gasteiger charge is 2.29. The zero-order valence-corrected chi connectivity index (χ0v) is 14.9. The third-order valence-corrected chi connectivity index (χ3v) is 4.82. The zero-order chi connectivity index (χ0) is 18.2. The van der Waals surface area contributed by atoms with Crippen molar-refractivity contribution in [3.8, 4) is 0 Å². The average molecular weight is 361 g/mol. The molecule has 1 fully saturated rings. The molecular formula is C19H19N7O. The quantitative estimate of drug-likeness (QED) is 0.596. The van der Waals surface area contributed by atoms with Crippen LogP contribution in [0.25, 0.3) is 11.1 Å². The van der Waals surface area contributed by atoms with Gasteiger partial charge in [0.05, 0.1) is 18.6 Å². The zero-order valence-electron chi connectivity index (χ0n) is 14.9. The first-order valence-corrected chi connectivity index (χ1v) is 8.95. The predicted molar refractivity (Wildman–Crippen MR) is 102 cm³/mol. The van der Waals surface area contributed by atoms with E-state index in [0.29, 0.717) is 23.2 Å². The normalized spacial score (nSPS) is 16.9. The van der Waals surface area contributed by atoms with E-state index in [1.165, 1.54) is 5.56 Å². The molecule has 1 aliphatic rings. The van der Waals surface area contributed by atoms with Crippen molar-refractivity contribution in [2.75, 3.05) is 16.8 Å². The van der Waals surface area contributed by atoms with Crippen LogP contribution in [0.4, 0.5) is 17.6 Å². The van der Waals surface area contributed by atoms with Crippen molar-refractivity contribution >= 4 is 28.7 Å². The first kappa shape index (κ1) is 15.8. The van der Waals surface area contributed by atoms with Gasteiger partial charge in [-0.2, -0.15) is 4.98 Å². The van der Waals surface area contributed by atoms with Gasteiger partial charge in [-0.1, -0.05) is 6.07 Å². The van der Waals surface area contributed by atoms with Gasteiger partial charge in [0.25, 0.3) is 0 Å². The molecule has 0 unspecified atom stereocenters. The summed E-state index contributed by atoms with van der Waals surface area (Å²) in [7, 11) is 1.93. The average Bonchev–Trinajstić information content (AvgIpc) is 3.42. The minimum absolute atomic E-state index is 0.228. The summed E-state index contributed by atoms with van der Waals surface area (Å²) >= 11 is 0. The fraction of sp³-hybridized carbons (Fsp3) is 0.263. The second-order valence-corrected chi connectivity index (χ2v) is 6.69. The number of furan rings is 1. The number of nitrogens with zero attached hydrogens (tertiary/aromatic N) is 6. The lowest BCUT2D eigenvalue weighted by atomic mass is 10.1. The Morgan fingerprint density at radius 3 is 3.04 bits per heavy atom. The van der Waals surface area contributed by atoms with Crippen LogP contribution in [0, 0.1) is 0 Å². The predicted octanol–water partition coefficient (Wildman–Crippen LogP) is 3.44. The number of pyridine rings is 1. The first-order chi connectivity index (χ1) is 13.3. The first-order valence-electron chi connectivity index (χ1n) is 8.95. The van der Waals surface area contributed by atoms with E-state index in [2.05, 4.69) is 26.3 Å². The van der Waals surface area contributed by atoms with Crippen LogP contribution in [0.15, 0.2) is 53.8 Å². The number of hydrogen-bond donors (Lipinski definition) is 1. The van der Waals surface area contributed by atoms with Gasteiger partial charge in [0.15, 0.2) is 11.4 Å². The molecular weight excluding hydrogens is 342 g/mol. The van der Waals surface area contributed by atoms with Crippen molar-refractivity contribution < 1.29 is 4.42 Å². The van der Waals surface area contributed by atoms with Crippen molar-refractivity contribution in [1.82, 2.24) is 24.5 Å². The van der Waals surface area contributed by atoms with Gasteiger partial charge in [-0.15, -0.1) is 0 Å². The highest BCUT2D eigenvalue weighted by atomic mass is 16.3. The van der Waals surface area contributed by atoms with Gasteiger partial charge in [-0.25, -0.2) is 9.97 Å². The number of fused-ring (bicyclic) bond motifs is 1. The number of aryl methyl sites for hydroxylation is 1. The highest BCUT2D eigenvalue weighted by Crippen LogP contribution is 2.36. The smallest absolute Gasteiger partial charge is 0.228 e. The van der Waals surface area contributed by atoms with Crippen LogP contribution < -0.4 is 10.2 Å². The summed E-state index contributed by atoms with van der Waals surface area (Å²) in [6.07, 6.45) is 11.1. The lowest BCUT2D eigenvalue weighted by molar-refractivity contribution is 0.614. The summed E-state index contributed by atoms with van der Waals surface area (Å²) in [5.74, 6) is 2.02. The van der Waals surface area contributed by atoms with Gasteiger partial charge in [-0.3, -0.25) is 4.98 Å². The van der Waals surface area contributed by atoms with E-state index < -0.39 is 0 Å². The van der Waals surface area contributed by atoms with Crippen molar-refractivity contribution in [2.24, 2.45) is 7.05 Å². The molecule has 0 saturated carbocycles. The van der Waals surface area contributed by atoms with Crippen molar-refractivity contribution in [3.63, 3.8) is 0 Å². The van der Waals surface area contributed by atoms with Crippen molar-refractivity contribution in [2.45, 2.75) is 18.9 Å². The minimum Gasteiger partial charge on any atom is -0.459 e. The Morgan fingerprint density at radius 1 is 1.26 bits per heavy atom. The lowest BCUT2D eigenvalue weighted by Crippen LogP contribution is -2.25. The van der Waals surface area contributed by atoms with E-state index in [0.717, 1.165) is 24.9 Å². The summed E-state index contributed by atoms with van der Waals surface area (Å²) in [6.45, 7) is 0.909. The maximum Gasteiger partial charge on any atom is 0.228 e. The molecule has 5 heterocycles. The van der Waals surface area contributed by atoms with Crippen molar-refractivity contribution in [3.05, 3.63) is 54.9 Å². The molecule has 0 amide bonds. The molecule has 1 N–H and O–H groups in total. The standard InChI is InChI=1S/C19H19N7O/c1-25-11-16(21-12-25)23-18-17-14(6-9-27-17)22-19(24-18)26-8-3-5-15(26)13-4-2-7-20-10-13/h2,4,6-7,9-12,15H,3,5,8H2,1H3,(H,22,23,24)/t15-/m0/s1. The fourth-order valence-electron chi connectivity index (χ4n) is 3.59. The molecule has 0 bridgehead atoms. The maximum atomic E-state index is 5.61. The summed E-state index contributed by atoms with van der Waals surface area (Å²) in [5.41, 5.74) is 2.59. The van der Waals surface area contributed by atoms with E-state index in [-0.39, 0.29) is 6.04 Å². The number of rotatable bonds is 4. The van der Waals surface area contributed by atoms with E-state index in [1.807, 2.05) is 36.1 Å². The Morgan fingerprint density at radius 2 is 2.22 bits per heavy atom. The lowest BCUT2D eigenvalue weighted by Gasteiger charge is -2.25. The van der Waals surface area contributed by atoms with Crippen LogP contribution in [0.3, 0.4) is 0 Å². The summed E-state index contributed by atoms with van der Waals surface area (Å²) < 4.78 is 7.48. The molecule has 1 atom stereocenters. The SMILES string of the molecule is Cn1cnc(Nc2nc(N3CCC[C@H]3c3cccnc3)nc3ccoc23)c1. The Hall–Kier alpha value is -3.42. The molecule has 136 valence electrons. The Labute approximate surface area is 155 Å². The topological polar surface area (TPSA) is 84.9 Å². The monoisotopic (exact) mass is 361 g/mol. The molecule has 8 nitrogen and oxygen atoms in total. The number of nitrogens with one attached hydrogen (secondary N) is 1. The number of imidazole rings is 1. The molecule has 5 rings (SSSR count). The molecule has 1 aliphatic heterocycles. The molecule has 8 heteroatoms. The van der Waals surface area contributed by atoms with Gasteiger partial charge in [0.2, 0.25) is 5.95 Å². The summed E-state index contributed by atoms with van der Waals surface area (Å²) in [6, 6.07) is 6.17. The Kier molecular flexibility index (Phi) is 3.74. The third-order valence-electron chi connectivity index (χ3n) is 4.82. The van der Waals surface area contributed by atoms with Gasteiger partial charge >= 0.3 is 0 Å². The molecule has 4 aromatic heterocycles. The van der Waals surface area contributed by atoms with Crippen LogP contribution in [0.2, 0.25) is 0 Å². The second kappa shape index (κ2) is 6.39. The molecule has 0 aliphatic carbocycles. The van der Waals surface area contributed by atoms with Gasteiger partial charge in [0, 0.05) is 38.2 Å². The molecule has 0 radical (unpaired) electrons. The molecule has 0 aromatic carbocycles. The number of aromatic nitrogens is 5. The van der Waals surface area contributed by atoms with Crippen LogP contribution >= 0.6 is 0 Å². The third kappa shape index (κ3) is 2.88. The van der Waals surface area contributed by atoms with Crippen LogP contribution in [-0.2, 0) is 7.05 Å². The second-order valence-electron chi connectivity index (χ2n) is 6.69. The summed E-state index contributed by atoms with van der Waals surface area (Å²) in [4.78, 5) is 20.3. The van der Waals surface area contributed by atoms with Gasteiger partial charge in [-0.05, 0) is 24.5 Å². The Bertz CT molecular complexity index is 1070. The van der Waals surface area contributed by atoms with Gasteiger partial charge < -0.3 is 19.2 Å². The Balaban J connectivity index is 1.55. The number of hydrogen-bond acceptors (Lipinski definition) is 7. The van der Waals surface area contributed by atoms with Crippen molar-refractivity contribution in [1.29, 1.82) is 0 Å². The summed E-state index contributed by atoms with van der Waals surface area (Å²) in [5, 5.41) is 3.26. The highest BCUT2D eigenvalue weighted by molar-refractivity contribution is 5.86. The largest absolute Gasteiger partial charge is 0.459 e. The molecule has 4 aromatic rings. The maximum absolute atomic E-state index is 5.61. The van der Waals surface area contributed by atoms with E-state index >= 15 is 0 Å². The van der Waals surface area contributed by atoms with E-state index in [9.17, 15) is 0 Å². The molecule has 27 heavy (non-hydrogen) atoms. The van der Waals surface area contributed by atoms with E-state index in [1.54, 1.807) is 18.8 Å².